The van der Waals surface area contributed by atoms with Crippen LogP contribution in [0.15, 0.2) is 30.3 Å². The van der Waals surface area contributed by atoms with Crippen molar-refractivity contribution >= 4 is 0 Å². The van der Waals surface area contributed by atoms with Crippen molar-refractivity contribution in [3.63, 3.8) is 0 Å². The summed E-state index contributed by atoms with van der Waals surface area (Å²) in [7, 11) is 0. The second kappa shape index (κ2) is 5.80. The van der Waals surface area contributed by atoms with Gasteiger partial charge in [-0.3, -0.25) is 0 Å². The molecule has 0 unspecified atom stereocenters. The standard InChI is InChI=1S/C13H19/c1-3-12(2)8-7-11-13-9-5-4-6-10-13/h4-6,9-10H,3,7-8,11H2,1-2H3. The van der Waals surface area contributed by atoms with Gasteiger partial charge in [0.05, 0.1) is 0 Å². The zero-order valence-electron chi connectivity index (χ0n) is 8.72. The lowest BCUT2D eigenvalue weighted by atomic mass is 9.99. The quantitative estimate of drug-likeness (QED) is 0.634. The van der Waals surface area contributed by atoms with E-state index < -0.39 is 0 Å². The molecule has 1 aromatic carbocycles. The third-order valence-electron chi connectivity index (χ3n) is 2.52. The second-order valence-electron chi connectivity index (χ2n) is 3.65. The Hall–Kier alpha value is -0.780. The van der Waals surface area contributed by atoms with Crippen LogP contribution in [0.5, 0.6) is 0 Å². The molecule has 0 saturated carbocycles. The second-order valence-corrected chi connectivity index (χ2v) is 3.65. The molecule has 0 spiro atoms. The lowest BCUT2D eigenvalue weighted by Crippen LogP contribution is -1.91. The van der Waals surface area contributed by atoms with Gasteiger partial charge in [0.2, 0.25) is 0 Å². The summed E-state index contributed by atoms with van der Waals surface area (Å²) >= 11 is 0. The van der Waals surface area contributed by atoms with Crippen LogP contribution >= 0.6 is 0 Å². The van der Waals surface area contributed by atoms with Gasteiger partial charge in [-0.1, -0.05) is 50.6 Å². The van der Waals surface area contributed by atoms with E-state index in [1.807, 2.05) is 0 Å². The lowest BCUT2D eigenvalue weighted by Gasteiger charge is -2.06. The summed E-state index contributed by atoms with van der Waals surface area (Å²) in [5.41, 5.74) is 1.46. The number of rotatable bonds is 5. The summed E-state index contributed by atoms with van der Waals surface area (Å²) in [5.74, 6) is 1.62. The molecule has 71 valence electrons. The molecule has 0 fully saturated rings. The van der Waals surface area contributed by atoms with Crippen molar-refractivity contribution in [1.82, 2.24) is 0 Å². The fraction of sp³-hybridized carbons (Fsp3) is 0.462. The van der Waals surface area contributed by atoms with Crippen LogP contribution in [0.1, 0.15) is 38.7 Å². The molecule has 1 rings (SSSR count). The van der Waals surface area contributed by atoms with E-state index in [0.29, 0.717) is 0 Å². The third kappa shape index (κ3) is 4.12. The van der Waals surface area contributed by atoms with Crippen LogP contribution in [-0.2, 0) is 6.42 Å². The summed E-state index contributed by atoms with van der Waals surface area (Å²) in [6, 6.07) is 10.7. The maximum Gasteiger partial charge on any atom is -0.0275 e. The Morgan fingerprint density at radius 1 is 1.15 bits per heavy atom. The molecule has 0 atom stereocenters. The Bertz CT molecular complexity index is 213. The number of hydrogen-bond donors (Lipinski definition) is 0. The average Bonchev–Trinajstić information content (AvgIpc) is 2.19. The zero-order chi connectivity index (χ0) is 9.52. The van der Waals surface area contributed by atoms with Crippen LogP contribution in [-0.4, -0.2) is 0 Å². The molecule has 0 saturated heterocycles. The average molecular weight is 175 g/mol. The van der Waals surface area contributed by atoms with E-state index in [4.69, 9.17) is 0 Å². The van der Waals surface area contributed by atoms with Gasteiger partial charge in [-0.05, 0) is 30.7 Å². The molecule has 1 radical (unpaired) electrons. The topological polar surface area (TPSA) is 0 Å². The number of hydrogen-bond acceptors (Lipinski definition) is 0. The van der Waals surface area contributed by atoms with Gasteiger partial charge in [-0.25, -0.2) is 0 Å². The van der Waals surface area contributed by atoms with Crippen LogP contribution in [0, 0.1) is 5.92 Å². The van der Waals surface area contributed by atoms with Crippen LogP contribution in [0.2, 0.25) is 0 Å². The molecule has 1 aromatic rings. The molecule has 0 heterocycles. The predicted molar refractivity (Wildman–Crippen MR) is 58.6 cm³/mol. The third-order valence-corrected chi connectivity index (χ3v) is 2.52. The Morgan fingerprint density at radius 3 is 2.46 bits per heavy atom. The summed E-state index contributed by atoms with van der Waals surface area (Å²) < 4.78 is 0. The van der Waals surface area contributed by atoms with E-state index in [-0.39, 0.29) is 0 Å². The van der Waals surface area contributed by atoms with Crippen LogP contribution in [0.4, 0.5) is 0 Å². The zero-order valence-corrected chi connectivity index (χ0v) is 8.72. The van der Waals surface area contributed by atoms with Gasteiger partial charge in [0.15, 0.2) is 0 Å². The highest BCUT2D eigenvalue weighted by atomic mass is 14.0. The van der Waals surface area contributed by atoms with E-state index >= 15 is 0 Å². The summed E-state index contributed by atoms with van der Waals surface area (Å²) in [6.07, 6.45) is 5.03. The molecule has 0 aliphatic heterocycles. The Balaban J connectivity index is 2.20. The minimum Gasteiger partial charge on any atom is -0.0648 e. The molecule has 0 bridgehead atoms. The molecule has 0 N–H and O–H groups in total. The van der Waals surface area contributed by atoms with Crippen LogP contribution in [0.3, 0.4) is 0 Å². The van der Waals surface area contributed by atoms with E-state index in [1.54, 1.807) is 5.92 Å². The van der Waals surface area contributed by atoms with Crippen LogP contribution < -0.4 is 0 Å². The Morgan fingerprint density at radius 2 is 1.85 bits per heavy atom. The van der Waals surface area contributed by atoms with Gasteiger partial charge in [-0.2, -0.15) is 0 Å². The first-order valence-corrected chi connectivity index (χ1v) is 5.18. The molecular weight excluding hydrogens is 156 g/mol. The molecule has 0 heteroatoms. The summed E-state index contributed by atoms with van der Waals surface area (Å²) in [6.45, 7) is 4.49. The van der Waals surface area contributed by atoms with Crippen molar-refractivity contribution in [2.75, 3.05) is 0 Å². The normalized spacial score (nSPS) is 10.7. The van der Waals surface area contributed by atoms with E-state index in [2.05, 4.69) is 44.2 Å². The van der Waals surface area contributed by atoms with Gasteiger partial charge in [0.25, 0.3) is 0 Å². The first kappa shape index (κ1) is 10.3. The van der Waals surface area contributed by atoms with E-state index in [0.717, 1.165) is 0 Å². The monoisotopic (exact) mass is 175 g/mol. The van der Waals surface area contributed by atoms with Gasteiger partial charge in [0.1, 0.15) is 0 Å². The van der Waals surface area contributed by atoms with Crippen molar-refractivity contribution in [1.29, 1.82) is 0 Å². The largest absolute Gasteiger partial charge is 0.0648 e. The minimum atomic E-state index is 1.22. The Labute approximate surface area is 82.0 Å². The fourth-order valence-electron chi connectivity index (χ4n) is 1.42. The number of aryl methyl sites for hydroxylation is 1. The maximum atomic E-state index is 2.25. The molecule has 13 heavy (non-hydrogen) atoms. The number of benzene rings is 1. The van der Waals surface area contributed by atoms with Crippen molar-refractivity contribution in [2.24, 2.45) is 0 Å². The first-order valence-electron chi connectivity index (χ1n) is 5.18. The summed E-state index contributed by atoms with van der Waals surface area (Å²) in [4.78, 5) is 0. The van der Waals surface area contributed by atoms with Crippen molar-refractivity contribution in [2.45, 2.75) is 39.5 Å². The van der Waals surface area contributed by atoms with Gasteiger partial charge in [0, 0.05) is 0 Å². The van der Waals surface area contributed by atoms with Gasteiger partial charge in [-0.15, -0.1) is 0 Å². The maximum absolute atomic E-state index is 2.25. The smallest absolute Gasteiger partial charge is 0.0275 e. The molecule has 0 nitrogen and oxygen atoms in total. The highest BCUT2D eigenvalue weighted by Gasteiger charge is 1.98. The van der Waals surface area contributed by atoms with E-state index in [1.165, 1.54) is 31.2 Å². The van der Waals surface area contributed by atoms with Gasteiger partial charge < -0.3 is 0 Å². The molecule has 0 aromatic heterocycles. The molecular formula is C13H19. The Kier molecular flexibility index (Phi) is 4.59. The van der Waals surface area contributed by atoms with Crippen molar-refractivity contribution in [3.8, 4) is 0 Å². The first-order chi connectivity index (χ1) is 6.33. The van der Waals surface area contributed by atoms with Crippen LogP contribution in [0.25, 0.3) is 0 Å². The SMILES string of the molecule is CC[C](C)CCCc1ccccc1. The summed E-state index contributed by atoms with van der Waals surface area (Å²) in [5, 5.41) is 0. The predicted octanol–water partition coefficient (Wildman–Crippen LogP) is 4.01. The van der Waals surface area contributed by atoms with Crippen molar-refractivity contribution < 1.29 is 0 Å². The highest BCUT2D eigenvalue weighted by Crippen LogP contribution is 2.14. The van der Waals surface area contributed by atoms with E-state index in [9.17, 15) is 0 Å². The van der Waals surface area contributed by atoms with Crippen molar-refractivity contribution in [3.05, 3.63) is 41.8 Å². The molecule has 0 amide bonds. The van der Waals surface area contributed by atoms with Gasteiger partial charge >= 0.3 is 0 Å². The fourth-order valence-corrected chi connectivity index (χ4v) is 1.42. The highest BCUT2D eigenvalue weighted by molar-refractivity contribution is 5.14. The molecule has 0 aliphatic rings. The molecule has 0 aliphatic carbocycles. The lowest BCUT2D eigenvalue weighted by molar-refractivity contribution is 0.705. The minimum absolute atomic E-state index is 1.22.